The van der Waals surface area contributed by atoms with E-state index in [4.69, 9.17) is 4.42 Å². The quantitative estimate of drug-likeness (QED) is 0.659. The largest absolute Gasteiger partial charge is 0.451 e. The molecule has 1 aromatic carbocycles. The van der Waals surface area contributed by atoms with Gasteiger partial charge in [0, 0.05) is 49.9 Å². The van der Waals surface area contributed by atoms with E-state index in [1.165, 1.54) is 18.4 Å². The lowest BCUT2D eigenvalue weighted by atomic mass is 9.84. The molecule has 164 valence electrons. The van der Waals surface area contributed by atoms with Gasteiger partial charge in [0.25, 0.3) is 5.91 Å². The minimum atomic E-state index is -0.858. The van der Waals surface area contributed by atoms with E-state index in [9.17, 15) is 9.90 Å². The van der Waals surface area contributed by atoms with Crippen molar-refractivity contribution in [3.05, 3.63) is 53.5 Å². The molecule has 1 aliphatic heterocycles. The molecule has 0 unspecified atom stereocenters. The molecule has 0 spiro atoms. The smallest absolute Gasteiger partial charge is 0.287 e. The predicted octanol–water partition coefficient (Wildman–Crippen LogP) is 3.32. The lowest BCUT2D eigenvalue weighted by molar-refractivity contribution is -0.0276. The fourth-order valence-corrected chi connectivity index (χ4v) is 4.95. The van der Waals surface area contributed by atoms with Crippen LogP contribution in [-0.2, 0) is 19.2 Å². The number of nitrogens with one attached hydrogen (secondary N) is 1. The van der Waals surface area contributed by atoms with Crippen LogP contribution in [0.3, 0.4) is 0 Å². The molecule has 0 atom stereocenters. The van der Waals surface area contributed by atoms with E-state index in [0.29, 0.717) is 24.2 Å². The number of likely N-dealkylation sites (tertiary alicyclic amines) is 1. The van der Waals surface area contributed by atoms with E-state index >= 15 is 0 Å². The van der Waals surface area contributed by atoms with Crippen molar-refractivity contribution in [1.29, 1.82) is 0 Å². The van der Waals surface area contributed by atoms with Crippen LogP contribution in [0, 0.1) is 0 Å². The fraction of sp³-hybridized carbons (Fsp3) is 0.500. The highest BCUT2D eigenvalue weighted by Crippen LogP contribution is 2.35. The summed E-state index contributed by atoms with van der Waals surface area (Å²) in [6.45, 7) is 2.50. The first kappa shape index (κ1) is 20.3. The molecule has 7 nitrogen and oxygen atoms in total. The van der Waals surface area contributed by atoms with Crippen molar-refractivity contribution in [2.75, 3.05) is 13.1 Å². The summed E-state index contributed by atoms with van der Waals surface area (Å²) in [5.74, 6) is 0.199. The van der Waals surface area contributed by atoms with Gasteiger partial charge in [0.2, 0.25) is 0 Å². The van der Waals surface area contributed by atoms with Crippen LogP contribution in [0.1, 0.15) is 60.2 Å². The van der Waals surface area contributed by atoms with Gasteiger partial charge in [-0.05, 0) is 49.4 Å². The Labute approximate surface area is 182 Å². The number of piperidine rings is 1. The molecule has 31 heavy (non-hydrogen) atoms. The molecule has 7 heteroatoms. The number of aryl methyl sites for hydroxylation is 1. The third-order valence-electron chi connectivity index (χ3n) is 6.82. The molecule has 0 bridgehead atoms. The minimum Gasteiger partial charge on any atom is -0.451 e. The number of fused-ring (bicyclic) bond motifs is 1. The molecule has 1 saturated carbocycles. The topological polar surface area (TPSA) is 83.5 Å². The van der Waals surface area contributed by atoms with Gasteiger partial charge in [-0.2, -0.15) is 5.10 Å². The Balaban J connectivity index is 1.26. The number of hydrogen-bond donors (Lipinski definition) is 2. The highest BCUT2D eigenvalue weighted by Gasteiger charge is 2.34. The monoisotopic (exact) mass is 422 g/mol. The summed E-state index contributed by atoms with van der Waals surface area (Å²) in [5.41, 5.74) is 1.90. The van der Waals surface area contributed by atoms with E-state index < -0.39 is 5.60 Å². The van der Waals surface area contributed by atoms with E-state index in [2.05, 4.69) is 15.3 Å². The third-order valence-corrected chi connectivity index (χ3v) is 6.82. The Kier molecular flexibility index (Phi) is 5.32. The second-order valence-corrected chi connectivity index (χ2v) is 9.15. The Morgan fingerprint density at radius 1 is 1.26 bits per heavy atom. The fourth-order valence-electron chi connectivity index (χ4n) is 4.95. The van der Waals surface area contributed by atoms with E-state index in [1.807, 2.05) is 42.3 Å². The van der Waals surface area contributed by atoms with Crippen molar-refractivity contribution >= 4 is 16.9 Å². The molecule has 0 radical (unpaired) electrons. The van der Waals surface area contributed by atoms with Gasteiger partial charge >= 0.3 is 0 Å². The highest BCUT2D eigenvalue weighted by molar-refractivity contribution is 5.96. The van der Waals surface area contributed by atoms with Gasteiger partial charge in [-0.25, -0.2) is 0 Å². The number of rotatable bonds is 5. The lowest BCUT2D eigenvalue weighted by Gasteiger charge is -2.38. The molecule has 3 aromatic rings. The van der Waals surface area contributed by atoms with Gasteiger partial charge in [0.05, 0.1) is 11.8 Å². The summed E-state index contributed by atoms with van der Waals surface area (Å²) in [5, 5.41) is 19.5. The van der Waals surface area contributed by atoms with Crippen LogP contribution < -0.4 is 5.32 Å². The van der Waals surface area contributed by atoms with Crippen LogP contribution in [0.5, 0.6) is 0 Å². The van der Waals surface area contributed by atoms with E-state index in [1.54, 1.807) is 6.07 Å². The Morgan fingerprint density at radius 3 is 2.74 bits per heavy atom. The number of benzene rings is 1. The van der Waals surface area contributed by atoms with Crippen LogP contribution in [0.4, 0.5) is 0 Å². The average molecular weight is 423 g/mol. The number of hydrogen-bond acceptors (Lipinski definition) is 5. The Hall–Kier alpha value is -2.64. The summed E-state index contributed by atoms with van der Waals surface area (Å²) >= 11 is 0. The summed E-state index contributed by atoms with van der Waals surface area (Å²) in [6.07, 6.45) is 9.71. The first-order valence-electron chi connectivity index (χ1n) is 11.3. The SMILES string of the molecule is Cn1cc(CN2CCC(O)(c3ccc4oc(C(=O)NC5CCCC5)cc4c3)CC2)cn1. The third kappa shape index (κ3) is 4.25. The van der Waals surface area contributed by atoms with Crippen molar-refractivity contribution in [3.63, 3.8) is 0 Å². The van der Waals surface area contributed by atoms with Gasteiger partial charge in [-0.3, -0.25) is 14.4 Å². The number of aromatic nitrogens is 2. The molecule has 1 amide bonds. The second-order valence-electron chi connectivity index (χ2n) is 9.15. The molecule has 3 heterocycles. The molecule has 2 fully saturated rings. The zero-order valence-corrected chi connectivity index (χ0v) is 18.0. The summed E-state index contributed by atoms with van der Waals surface area (Å²) in [7, 11) is 1.92. The number of furan rings is 1. The van der Waals surface area contributed by atoms with Crippen molar-refractivity contribution in [1.82, 2.24) is 20.0 Å². The lowest BCUT2D eigenvalue weighted by Crippen LogP contribution is -2.42. The number of nitrogens with zero attached hydrogens (tertiary/aromatic N) is 3. The Bertz CT molecular complexity index is 1070. The van der Waals surface area contributed by atoms with Crippen molar-refractivity contribution in [2.45, 2.75) is 56.7 Å². The number of carbonyl (C=O) groups excluding carboxylic acids is 1. The maximum atomic E-state index is 12.5. The minimum absolute atomic E-state index is 0.146. The maximum Gasteiger partial charge on any atom is 0.287 e. The molecule has 1 aliphatic carbocycles. The van der Waals surface area contributed by atoms with Gasteiger partial charge in [-0.1, -0.05) is 18.9 Å². The molecule has 2 aromatic heterocycles. The van der Waals surface area contributed by atoms with Gasteiger partial charge in [0.15, 0.2) is 5.76 Å². The summed E-state index contributed by atoms with van der Waals surface area (Å²) < 4.78 is 7.61. The normalized spacial score (nSPS) is 19.8. The van der Waals surface area contributed by atoms with Crippen LogP contribution in [0.15, 0.2) is 41.1 Å². The molecule has 5 rings (SSSR count). The van der Waals surface area contributed by atoms with Gasteiger partial charge in [-0.15, -0.1) is 0 Å². The number of carbonyl (C=O) groups is 1. The van der Waals surface area contributed by atoms with Crippen molar-refractivity contribution in [2.24, 2.45) is 7.05 Å². The zero-order valence-electron chi connectivity index (χ0n) is 18.0. The molecular formula is C24H30N4O3. The molecule has 2 aliphatic rings. The molecular weight excluding hydrogens is 392 g/mol. The maximum absolute atomic E-state index is 12.5. The predicted molar refractivity (Wildman–Crippen MR) is 118 cm³/mol. The summed E-state index contributed by atoms with van der Waals surface area (Å²) in [4.78, 5) is 14.9. The first-order chi connectivity index (χ1) is 15.0. The standard InChI is InChI=1S/C24H30N4O3/c1-27-15-17(14-25-27)16-28-10-8-24(30,9-11-28)19-6-7-21-18(12-19)13-22(31-21)23(29)26-20-4-2-3-5-20/h6-7,12-15,20,30H,2-5,8-11,16H2,1H3,(H,26,29). The van der Waals surface area contributed by atoms with Crippen LogP contribution in [0.2, 0.25) is 0 Å². The zero-order chi connectivity index (χ0) is 21.4. The average Bonchev–Trinajstić information content (AvgIpc) is 3.50. The van der Waals surface area contributed by atoms with E-state index in [-0.39, 0.29) is 11.9 Å². The van der Waals surface area contributed by atoms with Crippen molar-refractivity contribution < 1.29 is 14.3 Å². The number of amides is 1. The molecule has 1 saturated heterocycles. The van der Waals surface area contributed by atoms with Crippen molar-refractivity contribution in [3.8, 4) is 0 Å². The number of aliphatic hydroxyl groups is 1. The van der Waals surface area contributed by atoms with E-state index in [0.717, 1.165) is 43.4 Å². The summed E-state index contributed by atoms with van der Waals surface area (Å²) in [6, 6.07) is 7.83. The van der Waals surface area contributed by atoms with Crippen LogP contribution in [0.25, 0.3) is 11.0 Å². The van der Waals surface area contributed by atoms with Gasteiger partial charge < -0.3 is 14.8 Å². The second kappa shape index (κ2) is 8.13. The molecule has 2 N–H and O–H groups in total. The van der Waals surface area contributed by atoms with Crippen LogP contribution in [-0.4, -0.2) is 44.8 Å². The first-order valence-corrected chi connectivity index (χ1v) is 11.3. The highest BCUT2D eigenvalue weighted by atomic mass is 16.3. The van der Waals surface area contributed by atoms with Crippen LogP contribution >= 0.6 is 0 Å². The Morgan fingerprint density at radius 2 is 2.03 bits per heavy atom. The van der Waals surface area contributed by atoms with Gasteiger partial charge in [0.1, 0.15) is 5.58 Å².